The quantitative estimate of drug-likeness (QED) is 0.166. The van der Waals surface area contributed by atoms with Crippen molar-refractivity contribution in [2.45, 2.75) is 27.2 Å². The summed E-state index contributed by atoms with van der Waals surface area (Å²) in [6, 6.07) is 9.51. The zero-order chi connectivity index (χ0) is 28.4. The van der Waals surface area contributed by atoms with Crippen LogP contribution in [0.1, 0.15) is 32.8 Å². The van der Waals surface area contributed by atoms with E-state index in [4.69, 9.17) is 4.98 Å². The van der Waals surface area contributed by atoms with E-state index < -0.39 is 11.6 Å². The van der Waals surface area contributed by atoms with Crippen LogP contribution in [-0.4, -0.2) is 25.1 Å². The Morgan fingerprint density at radius 1 is 1.07 bits per heavy atom. The number of imidazole rings is 1. The Bertz CT molecular complexity index is 1810. The fraction of sp³-hybridized carbons (Fsp3) is 0.156. The number of fused-ring (bicyclic) bond motifs is 2. The average molecular weight is 537 g/mol. The standard InChI is InChI=1S/C32H30F2N6/c1-6-20(13-23(7-2)36-19(5)12-18(3)4)21-8-11-28-25(14-21)31(40-39-28)32-37-29-17-35-16-26(30(29)38-32)24-10-9-22(33)15-27(24)34/h6-11,13-18,36H,2,5,12H2,1,3-4H3,(H,37,38)(H,39,40)/b20-6+,23-13+. The predicted octanol–water partition coefficient (Wildman–Crippen LogP) is 8.07. The first-order chi connectivity index (χ1) is 19.3. The Morgan fingerprint density at radius 2 is 1.90 bits per heavy atom. The van der Waals surface area contributed by atoms with Gasteiger partial charge in [0.25, 0.3) is 0 Å². The summed E-state index contributed by atoms with van der Waals surface area (Å²) in [5.74, 6) is -0.322. The van der Waals surface area contributed by atoms with Crippen molar-refractivity contribution in [2.75, 3.05) is 0 Å². The summed E-state index contributed by atoms with van der Waals surface area (Å²) in [6.45, 7) is 14.4. The Morgan fingerprint density at radius 3 is 2.62 bits per heavy atom. The average Bonchev–Trinajstić information content (AvgIpc) is 3.54. The highest BCUT2D eigenvalue weighted by molar-refractivity contribution is 5.98. The van der Waals surface area contributed by atoms with Gasteiger partial charge in [-0.3, -0.25) is 10.1 Å². The number of H-pyrrole nitrogens is 2. The van der Waals surface area contributed by atoms with Crippen molar-refractivity contribution in [3.05, 3.63) is 109 Å². The van der Waals surface area contributed by atoms with Crippen molar-refractivity contribution in [2.24, 2.45) is 5.92 Å². The molecule has 0 saturated heterocycles. The summed E-state index contributed by atoms with van der Waals surface area (Å²) in [6.07, 6.45) is 9.86. The molecule has 5 aromatic rings. The number of pyridine rings is 1. The maximum Gasteiger partial charge on any atom is 0.159 e. The van der Waals surface area contributed by atoms with E-state index in [0.717, 1.165) is 45.9 Å². The van der Waals surface area contributed by atoms with E-state index in [1.54, 1.807) is 12.3 Å². The molecule has 3 aromatic heterocycles. The Kier molecular flexibility index (Phi) is 7.42. The van der Waals surface area contributed by atoms with Crippen LogP contribution in [-0.2, 0) is 0 Å². The normalized spacial score (nSPS) is 12.4. The van der Waals surface area contributed by atoms with Crippen molar-refractivity contribution >= 4 is 27.5 Å². The second-order valence-electron chi connectivity index (χ2n) is 10.00. The third kappa shape index (κ3) is 5.33. The van der Waals surface area contributed by atoms with Crippen LogP contribution in [0.2, 0.25) is 0 Å². The van der Waals surface area contributed by atoms with Gasteiger partial charge in [0.15, 0.2) is 5.82 Å². The van der Waals surface area contributed by atoms with Gasteiger partial charge in [-0.05, 0) is 66.8 Å². The topological polar surface area (TPSA) is 82.3 Å². The van der Waals surface area contributed by atoms with Crippen LogP contribution >= 0.6 is 0 Å². The summed E-state index contributed by atoms with van der Waals surface area (Å²) in [4.78, 5) is 12.3. The third-order valence-corrected chi connectivity index (χ3v) is 6.55. The molecule has 8 heteroatoms. The minimum Gasteiger partial charge on any atom is -0.359 e. The van der Waals surface area contributed by atoms with Crippen molar-refractivity contribution in [1.82, 2.24) is 30.5 Å². The van der Waals surface area contributed by atoms with E-state index in [2.05, 4.69) is 58.6 Å². The molecule has 3 N–H and O–H groups in total. The van der Waals surface area contributed by atoms with E-state index in [0.29, 0.717) is 34.0 Å². The van der Waals surface area contributed by atoms with E-state index in [1.165, 1.54) is 18.3 Å². The van der Waals surface area contributed by atoms with Gasteiger partial charge < -0.3 is 10.3 Å². The molecule has 2 aromatic carbocycles. The zero-order valence-electron chi connectivity index (χ0n) is 22.6. The molecule has 0 unspecified atom stereocenters. The first-order valence-corrected chi connectivity index (χ1v) is 13.0. The predicted molar refractivity (Wildman–Crippen MR) is 158 cm³/mol. The lowest BCUT2D eigenvalue weighted by atomic mass is 10.0. The molecule has 3 heterocycles. The van der Waals surface area contributed by atoms with Crippen LogP contribution in [0.15, 0.2) is 91.6 Å². The van der Waals surface area contributed by atoms with E-state index in [-0.39, 0.29) is 5.56 Å². The SMILES string of the molecule is C=C/C(=C\C(=C/C)c1ccc2[nH]nc(-c3nc4c(-c5ccc(F)cc5F)cncc4[nH]3)c2c1)NC(=C)CC(C)C. The van der Waals surface area contributed by atoms with Gasteiger partial charge in [-0.2, -0.15) is 5.10 Å². The Labute approximate surface area is 231 Å². The minimum atomic E-state index is -0.679. The van der Waals surface area contributed by atoms with Crippen LogP contribution in [0, 0.1) is 17.6 Å². The number of nitrogens with zero attached hydrogens (tertiary/aromatic N) is 3. The van der Waals surface area contributed by atoms with Crippen LogP contribution in [0.3, 0.4) is 0 Å². The minimum absolute atomic E-state index is 0.221. The molecule has 5 rings (SSSR count). The van der Waals surface area contributed by atoms with Gasteiger partial charge in [0, 0.05) is 40.2 Å². The first kappa shape index (κ1) is 26.7. The van der Waals surface area contributed by atoms with Gasteiger partial charge in [-0.15, -0.1) is 0 Å². The van der Waals surface area contributed by atoms with Gasteiger partial charge in [-0.25, -0.2) is 13.8 Å². The number of aromatic nitrogens is 5. The summed E-state index contributed by atoms with van der Waals surface area (Å²) >= 11 is 0. The van der Waals surface area contributed by atoms with Crippen LogP contribution in [0.25, 0.3) is 50.2 Å². The molecule has 0 aliphatic carbocycles. The molecule has 40 heavy (non-hydrogen) atoms. The van der Waals surface area contributed by atoms with Crippen molar-refractivity contribution < 1.29 is 8.78 Å². The molecule has 0 bridgehead atoms. The number of nitrogens with one attached hydrogen (secondary N) is 3. The molecule has 202 valence electrons. The molecule has 0 saturated carbocycles. The lowest BCUT2D eigenvalue weighted by molar-refractivity contribution is 0.585. The summed E-state index contributed by atoms with van der Waals surface area (Å²) in [5, 5.41) is 11.8. The van der Waals surface area contributed by atoms with Crippen molar-refractivity contribution in [3.63, 3.8) is 0 Å². The summed E-state index contributed by atoms with van der Waals surface area (Å²) < 4.78 is 28.1. The summed E-state index contributed by atoms with van der Waals surface area (Å²) in [5.41, 5.74) is 7.05. The van der Waals surface area contributed by atoms with E-state index in [1.807, 2.05) is 31.2 Å². The molecule has 0 aliphatic rings. The lowest BCUT2D eigenvalue weighted by Gasteiger charge is -2.13. The molecule has 0 fully saturated rings. The monoisotopic (exact) mass is 536 g/mol. The first-order valence-electron chi connectivity index (χ1n) is 13.0. The fourth-order valence-corrected chi connectivity index (χ4v) is 4.72. The number of rotatable bonds is 9. The highest BCUT2D eigenvalue weighted by atomic mass is 19.1. The molecule has 0 aliphatic heterocycles. The number of hydrogen-bond donors (Lipinski definition) is 3. The van der Waals surface area contributed by atoms with Gasteiger partial charge in [0.2, 0.25) is 0 Å². The highest BCUT2D eigenvalue weighted by Gasteiger charge is 2.18. The smallest absolute Gasteiger partial charge is 0.159 e. The van der Waals surface area contributed by atoms with Gasteiger partial charge in [0.1, 0.15) is 22.8 Å². The molecule has 0 radical (unpaired) electrons. The van der Waals surface area contributed by atoms with Gasteiger partial charge in [-0.1, -0.05) is 39.1 Å². The zero-order valence-corrected chi connectivity index (χ0v) is 22.6. The second kappa shape index (κ2) is 11.1. The largest absolute Gasteiger partial charge is 0.359 e. The molecule has 6 nitrogen and oxygen atoms in total. The Balaban J connectivity index is 1.54. The summed E-state index contributed by atoms with van der Waals surface area (Å²) in [7, 11) is 0. The molecule has 0 atom stereocenters. The van der Waals surface area contributed by atoms with E-state index >= 15 is 0 Å². The number of benzene rings is 2. The third-order valence-electron chi connectivity index (χ3n) is 6.55. The van der Waals surface area contributed by atoms with E-state index in [9.17, 15) is 8.78 Å². The number of allylic oxidation sites excluding steroid dienone is 5. The maximum absolute atomic E-state index is 14.6. The van der Waals surface area contributed by atoms with Crippen molar-refractivity contribution in [3.8, 4) is 22.6 Å². The van der Waals surface area contributed by atoms with Crippen LogP contribution in [0.4, 0.5) is 8.78 Å². The van der Waals surface area contributed by atoms with Crippen LogP contribution < -0.4 is 5.32 Å². The Hall–Kier alpha value is -4.85. The number of aromatic amines is 2. The maximum atomic E-state index is 14.6. The second-order valence-corrected chi connectivity index (χ2v) is 10.00. The molecule has 0 amide bonds. The molecular weight excluding hydrogens is 506 g/mol. The number of halogens is 2. The van der Waals surface area contributed by atoms with Gasteiger partial charge in [0.05, 0.1) is 17.2 Å². The molecular formula is C32H30F2N6. The van der Waals surface area contributed by atoms with Crippen molar-refractivity contribution in [1.29, 1.82) is 0 Å². The van der Waals surface area contributed by atoms with Gasteiger partial charge >= 0.3 is 0 Å². The highest BCUT2D eigenvalue weighted by Crippen LogP contribution is 2.33. The fourth-order valence-electron chi connectivity index (χ4n) is 4.72. The van der Waals surface area contributed by atoms with Crippen LogP contribution in [0.5, 0.6) is 0 Å². The molecule has 0 spiro atoms. The number of hydrogen-bond acceptors (Lipinski definition) is 4. The lowest BCUT2D eigenvalue weighted by Crippen LogP contribution is -2.12.